The van der Waals surface area contributed by atoms with Crippen LogP contribution in [-0.4, -0.2) is 157 Å². The van der Waals surface area contributed by atoms with Crippen LogP contribution in [-0.2, 0) is 22.3 Å². The average molecular weight is 2160 g/mol. The third-order valence-electron chi connectivity index (χ3n) is 17.3. The zero-order valence-corrected chi connectivity index (χ0v) is 77.6. The molecule has 0 amide bonds. The van der Waals surface area contributed by atoms with Crippen molar-refractivity contribution in [3.05, 3.63) is 232 Å². The summed E-state index contributed by atoms with van der Waals surface area (Å²) < 4.78 is 56.4. The van der Waals surface area contributed by atoms with E-state index in [0.29, 0.717) is 44.2 Å². The molecule has 0 radical (unpaired) electrons. The van der Waals surface area contributed by atoms with Crippen LogP contribution in [0.25, 0.3) is 64.6 Å². The number of fused-ring (bicyclic) bond motifs is 6. The summed E-state index contributed by atoms with van der Waals surface area (Å²) in [5, 5.41) is 32.5. The molecule has 0 aliphatic carbocycles. The number of aromatic nitrogens is 9. The van der Waals surface area contributed by atoms with Crippen LogP contribution in [0.1, 0.15) is 125 Å². The molecule has 2 aliphatic rings. The zero-order chi connectivity index (χ0) is 84.3. The lowest BCUT2D eigenvalue weighted by Gasteiger charge is -2.18. The number of nitrogens with two attached hydrogens (primary N) is 1. The summed E-state index contributed by atoms with van der Waals surface area (Å²) in [4.78, 5) is 76.9. The third kappa shape index (κ3) is 32.0. The quantitative estimate of drug-likeness (QED) is 0.00902. The Labute approximate surface area is 803 Å². The van der Waals surface area contributed by atoms with Crippen LogP contribution in [0.4, 0.5) is 13.2 Å². The number of hydrogen-bond donors (Lipinski definition) is 5. The van der Waals surface area contributed by atoms with Gasteiger partial charge in [-0.2, -0.15) is 10.2 Å². The van der Waals surface area contributed by atoms with Crippen LogP contribution >= 0.6 is 168 Å². The second-order valence-electron chi connectivity index (χ2n) is 24.1. The molecule has 0 saturated heterocycles. The second-order valence-corrected chi connectivity index (χ2v) is 35.0. The van der Waals surface area contributed by atoms with E-state index >= 15 is 0 Å². The summed E-state index contributed by atoms with van der Waals surface area (Å²) in [6.45, 7) is 25.1. The predicted octanol–water partition coefficient (Wildman–Crippen LogP) is 25.9. The molecule has 8 aromatic heterocycles. The number of likely N-dealkylation sites (N-methyl/N-ethyl adjacent to an activating group) is 3. The Bertz CT molecular complexity index is 5670. The number of benzene rings is 5. The number of carboxylic acids is 2. The van der Waals surface area contributed by atoms with Gasteiger partial charge in [-0.3, -0.25) is 30.2 Å². The molecule has 38 heteroatoms. The molecule has 10 heterocycles. The van der Waals surface area contributed by atoms with Crippen molar-refractivity contribution >= 4 is 238 Å². The number of rotatable bonds is 20. The number of carboxylic acid groups (broad SMARTS) is 2. The number of carbonyl (C=O) groups is 3. The number of halogens is 11. The van der Waals surface area contributed by atoms with Crippen LogP contribution in [0.2, 0.25) is 5.15 Å². The van der Waals surface area contributed by atoms with E-state index in [-0.39, 0.29) is 103 Å². The molecule has 0 bridgehead atoms. The Balaban J connectivity index is 0.00000144. The van der Waals surface area contributed by atoms with Crippen LogP contribution in [0.5, 0.6) is 0 Å². The van der Waals surface area contributed by atoms with Crippen LogP contribution in [0.3, 0.4) is 0 Å². The van der Waals surface area contributed by atoms with Gasteiger partial charge in [0.25, 0.3) is 0 Å². The molecule has 0 saturated carbocycles. The van der Waals surface area contributed by atoms with Crippen molar-refractivity contribution in [3.8, 4) is 22.5 Å². The Kier molecular flexibility index (Phi) is 55.8. The second kappa shape index (κ2) is 58.9. The van der Waals surface area contributed by atoms with Gasteiger partial charge < -0.3 is 24.9 Å². The van der Waals surface area contributed by atoms with E-state index in [9.17, 15) is 32.3 Å². The molecular weight excluding hydrogens is 2050 g/mol. The number of hydrogen-bond acceptors (Lipinski definition) is 22. The van der Waals surface area contributed by atoms with Crippen molar-refractivity contribution in [3.63, 3.8) is 0 Å². The summed E-state index contributed by atoms with van der Waals surface area (Å²) in [5.74, 6) is 1.86. The minimum absolute atomic E-state index is 0. The maximum atomic E-state index is 13.7. The molecule has 5 aromatic carbocycles. The van der Waals surface area contributed by atoms with Gasteiger partial charge in [-0.1, -0.05) is 140 Å². The SMILES string of the molecule is C.C.C.C.C.C.C.CCN(CC)CCNN.CCN(CC)CCn1nc2c3c(c(Br)ccc31)Sc1ncccc1-2.CCN(CC)CCn1nc2c3c(c(C=O)ccc31)Sc1ncccc1-2.Cl.Fc1ccc(Br)c(S)c1.O=C(O)c1cccnc1Cl.O=C(O)c1cccnc1Sc1cc(F)ccc1Br.O=S(Cl)Cl.O=c1c2cccnc2sc2c(Br)ccc(F)c12. The van der Waals surface area contributed by atoms with Crippen molar-refractivity contribution in [1.82, 2.24) is 64.6 Å². The maximum absolute atomic E-state index is 13.7. The Hall–Kier alpha value is -6.49. The summed E-state index contributed by atoms with van der Waals surface area (Å²) >= 11 is 28.6. The largest absolute Gasteiger partial charge is 0.478 e. The maximum Gasteiger partial charge on any atom is 0.338 e. The van der Waals surface area contributed by atoms with Crippen molar-refractivity contribution < 1.29 is 42.0 Å². The fourth-order valence-corrected chi connectivity index (χ4v) is 17.8. The smallest absolute Gasteiger partial charge is 0.338 e. The van der Waals surface area contributed by atoms with Crippen LogP contribution in [0.15, 0.2) is 222 Å². The molecule has 13 aromatic rings. The lowest BCUT2D eigenvalue weighted by atomic mass is 10.1. The Morgan fingerprint density at radius 1 is 0.581 bits per heavy atom. The van der Waals surface area contributed by atoms with E-state index in [1.807, 2.05) is 30.5 Å². The number of carbonyl (C=O) groups excluding carboxylic acids is 1. The lowest BCUT2D eigenvalue weighted by Crippen LogP contribution is -2.34. The lowest BCUT2D eigenvalue weighted by molar-refractivity contribution is 0.0683. The van der Waals surface area contributed by atoms with E-state index in [1.54, 1.807) is 72.3 Å². The van der Waals surface area contributed by atoms with Crippen molar-refractivity contribution in [2.24, 2.45) is 5.84 Å². The number of hydrazine groups is 1. The monoisotopic (exact) mass is 2150 g/mol. The Morgan fingerprint density at radius 2 is 1.02 bits per heavy atom. The number of aromatic carboxylic acids is 2. The van der Waals surface area contributed by atoms with E-state index in [1.165, 1.54) is 88.1 Å². The van der Waals surface area contributed by atoms with E-state index in [0.717, 1.165) is 154 Å². The first-order chi connectivity index (χ1) is 55.7. The number of thiol groups is 1. The van der Waals surface area contributed by atoms with E-state index in [4.69, 9.17) is 42.1 Å². The highest BCUT2D eigenvalue weighted by molar-refractivity contribution is 9.11. The summed E-state index contributed by atoms with van der Waals surface area (Å²) in [6, 6.07) is 37.1. The average Bonchev–Trinajstić information content (AvgIpc) is 1.56. The minimum atomic E-state index is -1.67. The predicted molar refractivity (Wildman–Crippen MR) is 535 cm³/mol. The first-order valence-corrected chi connectivity index (χ1v) is 45.5. The van der Waals surface area contributed by atoms with E-state index in [2.05, 4.69) is 218 Å². The van der Waals surface area contributed by atoms with Gasteiger partial charge in [0.05, 0.1) is 50.7 Å². The summed E-state index contributed by atoms with van der Waals surface area (Å²) in [6.07, 6.45) is 9.12. The molecule has 124 heavy (non-hydrogen) atoms. The number of nitrogens with zero attached hydrogens (tertiary/aromatic N) is 12. The molecule has 0 unspecified atom stereocenters. The number of nitrogens with one attached hydrogen (secondary N) is 1. The number of pyridine rings is 5. The molecular formula is C86H105Br4Cl4F3N14O7S6. The minimum Gasteiger partial charge on any atom is -0.478 e. The van der Waals surface area contributed by atoms with E-state index < -0.39 is 27.0 Å². The molecule has 0 fully saturated rings. The van der Waals surface area contributed by atoms with Gasteiger partial charge in [-0.25, -0.2) is 51.9 Å². The van der Waals surface area contributed by atoms with Gasteiger partial charge in [-0.05, 0) is 236 Å². The van der Waals surface area contributed by atoms with Crippen LogP contribution < -0.4 is 16.7 Å². The Morgan fingerprint density at radius 3 is 1.52 bits per heavy atom. The van der Waals surface area contributed by atoms with Gasteiger partial charge in [0.2, 0.25) is 9.23 Å². The summed E-state index contributed by atoms with van der Waals surface area (Å²) in [5.41, 5.74) is 9.64. The van der Waals surface area contributed by atoms with Gasteiger partial charge in [0.1, 0.15) is 53.9 Å². The molecule has 674 valence electrons. The fourth-order valence-electron chi connectivity index (χ4n) is 11.4. The van der Waals surface area contributed by atoms with Crippen molar-refractivity contribution in [1.29, 1.82) is 0 Å². The van der Waals surface area contributed by atoms with Gasteiger partial charge >= 0.3 is 11.9 Å². The molecule has 15 rings (SSSR count). The van der Waals surface area contributed by atoms with Gasteiger partial charge in [0, 0.05) is 143 Å². The molecule has 0 atom stereocenters. The highest BCUT2D eigenvalue weighted by Gasteiger charge is 2.29. The number of aldehydes is 1. The molecule has 5 N–H and O–H groups in total. The molecule has 21 nitrogen and oxygen atoms in total. The standard InChI is InChI=1S/C19H20N4OS.C18H19BrN4S.C12H7BrFNO2S.C12H5BrFNOS.C6H4BrFS.C6H4ClNO2.C6H17N3.7CH4.Cl2OS.ClH/c1-3-22(4-2)10-11-23-15-8-7-13(12-24)18-16(15)17(21-23)14-6-5-9-20-19(14)25-18;1-3-22(4-2)10-11-23-14-8-7-13(19)17-15(14)16(21-23)12-6-5-9-20-18(12)24-17;13-9-4-3-7(14)6-10(9)18-11-8(12(16)17)2-1-5-15-11;13-7-3-4-8(14)9-10(16)6-2-1-5-15-12(6)17-11(7)9;7-5-2-1-4(8)3-6(5)9;7-5-4(6(9)10)2-1-3-8-5;1-3-9(4-2)6-5-8-7;;;;;;;;1-4(2)3;/h5-9,12H,3-4,10-11H2,1-2H3;5-9H,3-4,10-11H2,1-2H3;1-6H,(H,16,17);1-5H;1-3,9H;1-3H,(H,9,10);8H,3-7H2,1-2H3;7*1H4;;1H. The van der Waals surface area contributed by atoms with Gasteiger partial charge in [0.15, 0.2) is 11.7 Å². The topological polar surface area (TPSA) is 274 Å². The first-order valence-electron chi connectivity index (χ1n) is 35.5. The van der Waals surface area contributed by atoms with Crippen molar-refractivity contribution in [2.45, 2.75) is 141 Å². The first kappa shape index (κ1) is 118. The fraction of sp³-hybridized carbons (Fsp3) is 0.291. The van der Waals surface area contributed by atoms with Crippen molar-refractivity contribution in [2.75, 3.05) is 65.4 Å². The van der Waals surface area contributed by atoms with Crippen LogP contribution in [0, 0.1) is 17.5 Å². The normalized spacial score (nSPS) is 10.6. The highest BCUT2D eigenvalue weighted by Crippen LogP contribution is 2.50. The zero-order valence-electron chi connectivity index (χ0n) is 63.2. The highest BCUT2D eigenvalue weighted by atomic mass is 79.9. The third-order valence-corrected chi connectivity index (χ3v) is 26.3. The summed E-state index contributed by atoms with van der Waals surface area (Å²) in [7, 11) is 7.36. The molecule has 0 spiro atoms. The molecule has 2 aliphatic heterocycles. The van der Waals surface area contributed by atoms with Gasteiger partial charge in [-0.15, -0.1) is 36.4 Å².